The van der Waals surface area contributed by atoms with Crippen LogP contribution >= 0.6 is 0 Å². The predicted molar refractivity (Wildman–Crippen MR) is 98.7 cm³/mol. The zero-order valence-corrected chi connectivity index (χ0v) is 14.8. The number of rotatable bonds is 7. The molecule has 0 saturated heterocycles. The predicted octanol–water partition coefficient (Wildman–Crippen LogP) is 3.46. The van der Waals surface area contributed by atoms with E-state index in [-0.39, 0.29) is 12.4 Å². The third-order valence-corrected chi connectivity index (χ3v) is 4.49. The Kier molecular flexibility index (Phi) is 5.71. The van der Waals surface area contributed by atoms with E-state index in [0.29, 0.717) is 0 Å². The quantitative estimate of drug-likeness (QED) is 0.439. The minimum atomic E-state index is -1.73. The van der Waals surface area contributed by atoms with Gasteiger partial charge in [0.15, 0.2) is 5.60 Å². The lowest BCUT2D eigenvalue weighted by Gasteiger charge is -2.31. The zero-order chi connectivity index (χ0) is 19.3. The van der Waals surface area contributed by atoms with Crippen molar-refractivity contribution in [3.63, 3.8) is 0 Å². The number of nitrogens with one attached hydrogen (secondary N) is 1. The van der Waals surface area contributed by atoms with Crippen molar-refractivity contribution in [2.75, 3.05) is 0 Å². The molecule has 2 atom stereocenters. The lowest BCUT2D eigenvalue weighted by molar-refractivity contribution is -0.175. The molecule has 3 N–H and O–H groups in total. The second-order valence-corrected chi connectivity index (χ2v) is 6.32. The van der Waals surface area contributed by atoms with Crippen LogP contribution in [0.1, 0.15) is 24.4 Å². The second kappa shape index (κ2) is 8.18. The van der Waals surface area contributed by atoms with Crippen LogP contribution in [-0.4, -0.2) is 21.8 Å². The Morgan fingerprint density at radius 3 is 2.33 bits per heavy atom. The number of furan rings is 1. The number of carbonyl (C=O) groups is 1. The van der Waals surface area contributed by atoms with Gasteiger partial charge in [-0.05, 0) is 35.7 Å². The molecule has 0 unspecified atom stereocenters. The van der Waals surface area contributed by atoms with E-state index in [0.717, 1.165) is 16.7 Å². The van der Waals surface area contributed by atoms with Gasteiger partial charge in [0.2, 0.25) is 0 Å². The molecule has 0 aliphatic carbocycles. The monoisotopic (exact) mass is 367 g/mol. The first-order chi connectivity index (χ1) is 13.0. The van der Waals surface area contributed by atoms with Crippen LogP contribution in [-0.2, 0) is 16.1 Å². The van der Waals surface area contributed by atoms with Crippen LogP contribution in [0.2, 0.25) is 0 Å². The largest absolute Gasteiger partial charge is 0.466 e. The van der Waals surface area contributed by atoms with E-state index in [1.165, 1.54) is 19.3 Å². The molecule has 0 bridgehead atoms. The Labute approximate surface area is 157 Å². The molecule has 3 aromatic rings. The highest BCUT2D eigenvalue weighted by Crippen LogP contribution is 2.31. The normalized spacial score (nSPS) is 14.3. The van der Waals surface area contributed by atoms with Crippen molar-refractivity contribution < 1.29 is 24.3 Å². The molecule has 0 radical (unpaired) electrons. The fourth-order valence-corrected chi connectivity index (χ4v) is 2.76. The van der Waals surface area contributed by atoms with Gasteiger partial charge in [0.1, 0.15) is 11.9 Å². The summed E-state index contributed by atoms with van der Waals surface area (Å²) >= 11 is 0. The number of amides is 1. The highest BCUT2D eigenvalue weighted by Gasteiger charge is 2.44. The number of aliphatic hydroxyl groups is 1. The van der Waals surface area contributed by atoms with E-state index in [1.807, 2.05) is 54.6 Å². The van der Waals surface area contributed by atoms with Gasteiger partial charge in [-0.3, -0.25) is 10.0 Å². The van der Waals surface area contributed by atoms with E-state index < -0.39 is 17.6 Å². The van der Waals surface area contributed by atoms with Gasteiger partial charge in [-0.25, -0.2) is 5.48 Å². The van der Waals surface area contributed by atoms with Crippen molar-refractivity contribution in [2.24, 2.45) is 0 Å². The number of ether oxygens (including phenoxy) is 1. The second-order valence-electron chi connectivity index (χ2n) is 6.32. The summed E-state index contributed by atoms with van der Waals surface area (Å²) in [6, 6.07) is 20.8. The minimum Gasteiger partial charge on any atom is -0.466 e. The Bertz CT molecular complexity index is 861. The SMILES string of the molecule is C[C@@](OCc1ccc(-c2ccccc2)cc1)(C(=O)NO)[C@H](O)c1ccco1. The molecule has 6 heteroatoms. The maximum Gasteiger partial charge on any atom is 0.278 e. The van der Waals surface area contributed by atoms with Crippen molar-refractivity contribution in [2.45, 2.75) is 25.2 Å². The first-order valence-electron chi connectivity index (χ1n) is 8.49. The fourth-order valence-electron chi connectivity index (χ4n) is 2.76. The van der Waals surface area contributed by atoms with Gasteiger partial charge in [-0.1, -0.05) is 54.6 Å². The first-order valence-corrected chi connectivity index (χ1v) is 8.49. The first kappa shape index (κ1) is 18.8. The molecule has 1 amide bonds. The van der Waals surface area contributed by atoms with Crippen molar-refractivity contribution in [3.8, 4) is 11.1 Å². The molecule has 27 heavy (non-hydrogen) atoms. The molecular formula is C21H21NO5. The van der Waals surface area contributed by atoms with Crippen molar-refractivity contribution in [1.29, 1.82) is 0 Å². The standard InChI is InChI=1S/C21H21NO5/c1-21(20(24)22-25,19(23)18-8-5-13-26-18)27-14-15-9-11-17(12-10-15)16-6-3-2-4-7-16/h2-13,19,23,25H,14H2,1H3,(H,22,24)/t19-,21+/m1/s1. The van der Waals surface area contributed by atoms with Crippen LogP contribution < -0.4 is 5.48 Å². The third kappa shape index (κ3) is 4.09. The Morgan fingerprint density at radius 2 is 1.74 bits per heavy atom. The van der Waals surface area contributed by atoms with E-state index in [2.05, 4.69) is 0 Å². The van der Waals surface area contributed by atoms with Gasteiger partial charge in [-0.2, -0.15) is 0 Å². The van der Waals surface area contributed by atoms with E-state index in [4.69, 9.17) is 14.4 Å². The molecule has 1 heterocycles. The summed E-state index contributed by atoms with van der Waals surface area (Å²) in [6.07, 6.45) is 0.00115. The van der Waals surface area contributed by atoms with Gasteiger partial charge in [0, 0.05) is 0 Å². The van der Waals surface area contributed by atoms with E-state index in [1.54, 1.807) is 11.5 Å². The molecule has 0 saturated carbocycles. The van der Waals surface area contributed by atoms with Gasteiger partial charge < -0.3 is 14.3 Å². The topological polar surface area (TPSA) is 91.9 Å². The Balaban J connectivity index is 1.75. The van der Waals surface area contributed by atoms with Crippen LogP contribution in [0.3, 0.4) is 0 Å². The van der Waals surface area contributed by atoms with Gasteiger partial charge in [0.25, 0.3) is 5.91 Å². The number of hydroxylamine groups is 1. The average molecular weight is 367 g/mol. The fraction of sp³-hybridized carbons (Fsp3) is 0.190. The van der Waals surface area contributed by atoms with Crippen LogP contribution in [0.5, 0.6) is 0 Å². The summed E-state index contributed by atoms with van der Waals surface area (Å²) in [5.41, 5.74) is 2.80. The number of benzene rings is 2. The molecule has 0 spiro atoms. The summed E-state index contributed by atoms with van der Waals surface area (Å²) < 4.78 is 10.9. The van der Waals surface area contributed by atoms with Crippen LogP contribution in [0.4, 0.5) is 0 Å². The minimum absolute atomic E-state index is 0.0662. The summed E-state index contributed by atoms with van der Waals surface area (Å²) in [4.78, 5) is 12.1. The van der Waals surface area contributed by atoms with E-state index >= 15 is 0 Å². The van der Waals surface area contributed by atoms with Crippen LogP contribution in [0, 0.1) is 0 Å². The number of hydrogen-bond donors (Lipinski definition) is 3. The molecule has 3 rings (SSSR count). The number of hydrogen-bond acceptors (Lipinski definition) is 5. The van der Waals surface area contributed by atoms with Crippen LogP contribution in [0.15, 0.2) is 77.4 Å². The maximum absolute atomic E-state index is 12.1. The van der Waals surface area contributed by atoms with Crippen molar-refractivity contribution in [3.05, 3.63) is 84.3 Å². The number of carbonyl (C=O) groups excluding carboxylic acids is 1. The lowest BCUT2D eigenvalue weighted by atomic mass is 9.95. The highest BCUT2D eigenvalue weighted by atomic mass is 16.5. The van der Waals surface area contributed by atoms with Gasteiger partial charge >= 0.3 is 0 Å². The lowest BCUT2D eigenvalue weighted by Crippen LogP contribution is -2.49. The molecule has 140 valence electrons. The summed E-state index contributed by atoms with van der Waals surface area (Å²) in [5, 5.41) is 19.6. The highest BCUT2D eigenvalue weighted by molar-refractivity contribution is 5.84. The molecule has 0 aliphatic heterocycles. The average Bonchev–Trinajstić information content (AvgIpc) is 3.26. The van der Waals surface area contributed by atoms with Gasteiger partial charge in [-0.15, -0.1) is 0 Å². The smallest absolute Gasteiger partial charge is 0.278 e. The summed E-state index contributed by atoms with van der Waals surface area (Å²) in [7, 11) is 0. The molecular weight excluding hydrogens is 346 g/mol. The third-order valence-electron chi connectivity index (χ3n) is 4.49. The Hall–Kier alpha value is -2.93. The van der Waals surface area contributed by atoms with Crippen LogP contribution in [0.25, 0.3) is 11.1 Å². The maximum atomic E-state index is 12.1. The molecule has 0 aliphatic rings. The Morgan fingerprint density at radius 1 is 1.07 bits per heavy atom. The molecule has 1 aromatic heterocycles. The number of aliphatic hydroxyl groups excluding tert-OH is 1. The summed E-state index contributed by atoms with van der Waals surface area (Å²) in [5.74, 6) is -0.701. The molecule has 6 nitrogen and oxygen atoms in total. The van der Waals surface area contributed by atoms with Crippen molar-refractivity contribution >= 4 is 5.91 Å². The molecule has 0 fully saturated rings. The van der Waals surface area contributed by atoms with Gasteiger partial charge in [0.05, 0.1) is 12.9 Å². The zero-order valence-electron chi connectivity index (χ0n) is 14.8. The molecule has 2 aromatic carbocycles. The van der Waals surface area contributed by atoms with E-state index in [9.17, 15) is 9.90 Å². The van der Waals surface area contributed by atoms with Crippen molar-refractivity contribution in [1.82, 2.24) is 5.48 Å². The summed E-state index contributed by atoms with van der Waals surface area (Å²) in [6.45, 7) is 1.46.